The van der Waals surface area contributed by atoms with Crippen molar-refractivity contribution in [1.82, 2.24) is 9.80 Å². The zero-order valence-electron chi connectivity index (χ0n) is 14.1. The monoisotopic (exact) mass is 372 g/mol. The van der Waals surface area contributed by atoms with Gasteiger partial charge in [-0.3, -0.25) is 9.59 Å². The van der Waals surface area contributed by atoms with Gasteiger partial charge in [0.25, 0.3) is 5.91 Å². The van der Waals surface area contributed by atoms with Crippen LogP contribution in [0.2, 0.25) is 10.0 Å². The van der Waals surface area contributed by atoms with Crippen LogP contribution in [0.25, 0.3) is 0 Å². The van der Waals surface area contributed by atoms with E-state index in [0.717, 1.165) is 0 Å². The summed E-state index contributed by atoms with van der Waals surface area (Å²) >= 11 is 12.1. The van der Waals surface area contributed by atoms with Crippen molar-refractivity contribution in [2.45, 2.75) is 20.3 Å². The number of nitrogens with zero attached hydrogens (tertiary/aromatic N) is 2. The summed E-state index contributed by atoms with van der Waals surface area (Å²) in [6.07, 6.45) is 0.533. The van der Waals surface area contributed by atoms with Gasteiger partial charge in [0.2, 0.25) is 5.91 Å². The molecule has 0 aliphatic carbocycles. The van der Waals surface area contributed by atoms with Crippen molar-refractivity contribution in [2.24, 2.45) is 5.92 Å². The minimum absolute atomic E-state index is 0.139. The van der Waals surface area contributed by atoms with Gasteiger partial charge in [0, 0.05) is 37.6 Å². The van der Waals surface area contributed by atoms with Gasteiger partial charge >= 0.3 is 0 Å². The Hall–Kier alpha value is -1.46. The second-order valence-corrected chi connectivity index (χ2v) is 7.08. The van der Waals surface area contributed by atoms with Crippen LogP contribution in [-0.2, 0) is 4.79 Å². The third-order valence-electron chi connectivity index (χ3n) is 3.95. The average molecular weight is 373 g/mol. The fourth-order valence-electron chi connectivity index (χ4n) is 2.73. The van der Waals surface area contributed by atoms with E-state index in [1.165, 1.54) is 7.11 Å². The fraction of sp³-hybridized carbons (Fsp3) is 0.529. The maximum absolute atomic E-state index is 12.8. The molecule has 1 aromatic rings. The number of halogens is 2. The Balaban J connectivity index is 2.07. The number of piperazine rings is 1. The zero-order chi connectivity index (χ0) is 17.9. The molecule has 5 nitrogen and oxygen atoms in total. The average Bonchev–Trinajstić information content (AvgIpc) is 2.53. The number of amides is 2. The normalized spacial score (nSPS) is 14.9. The minimum Gasteiger partial charge on any atom is -0.494 e. The lowest BCUT2D eigenvalue weighted by Crippen LogP contribution is -2.50. The Morgan fingerprint density at radius 3 is 2.25 bits per heavy atom. The molecular formula is C17H22Cl2N2O3. The highest BCUT2D eigenvalue weighted by molar-refractivity contribution is 6.36. The van der Waals surface area contributed by atoms with Crippen molar-refractivity contribution in [2.75, 3.05) is 33.3 Å². The van der Waals surface area contributed by atoms with Gasteiger partial charge in [-0.15, -0.1) is 0 Å². The lowest BCUT2D eigenvalue weighted by atomic mass is 10.1. The number of carbonyl (C=O) groups is 2. The van der Waals surface area contributed by atoms with Crippen molar-refractivity contribution in [3.63, 3.8) is 0 Å². The van der Waals surface area contributed by atoms with E-state index in [-0.39, 0.29) is 11.8 Å². The van der Waals surface area contributed by atoms with Gasteiger partial charge in [0.1, 0.15) is 5.75 Å². The molecule has 132 valence electrons. The van der Waals surface area contributed by atoms with Crippen molar-refractivity contribution in [3.8, 4) is 5.75 Å². The first-order valence-electron chi connectivity index (χ1n) is 7.93. The van der Waals surface area contributed by atoms with E-state index in [1.807, 2.05) is 18.7 Å². The van der Waals surface area contributed by atoms with Crippen LogP contribution >= 0.6 is 23.2 Å². The van der Waals surface area contributed by atoms with Crippen molar-refractivity contribution in [3.05, 3.63) is 27.7 Å². The Bertz CT molecular complexity index is 627. The Kier molecular flexibility index (Phi) is 6.35. The first-order chi connectivity index (χ1) is 11.3. The van der Waals surface area contributed by atoms with Gasteiger partial charge in [-0.1, -0.05) is 37.0 Å². The van der Waals surface area contributed by atoms with Crippen LogP contribution in [0.1, 0.15) is 30.6 Å². The standard InChI is InChI=1S/C17H22Cl2N2O3/c1-11(2)8-15(22)20-4-6-21(7-5-20)17(23)13-9-12(18)10-14(19)16(13)24-3/h9-11H,4-8H2,1-3H3. The summed E-state index contributed by atoms with van der Waals surface area (Å²) in [7, 11) is 1.47. The van der Waals surface area contributed by atoms with E-state index in [9.17, 15) is 9.59 Å². The Morgan fingerprint density at radius 1 is 1.12 bits per heavy atom. The van der Waals surface area contributed by atoms with Gasteiger partial charge < -0.3 is 14.5 Å². The predicted octanol–water partition coefficient (Wildman–Crippen LogP) is 3.33. The van der Waals surface area contributed by atoms with Crippen molar-refractivity contribution < 1.29 is 14.3 Å². The van der Waals surface area contributed by atoms with Crippen molar-refractivity contribution >= 4 is 35.0 Å². The highest BCUT2D eigenvalue weighted by atomic mass is 35.5. The Morgan fingerprint density at radius 2 is 1.71 bits per heavy atom. The second kappa shape index (κ2) is 8.08. The number of ether oxygens (including phenoxy) is 1. The molecule has 1 aliphatic rings. The van der Waals surface area contributed by atoms with Gasteiger partial charge in [-0.25, -0.2) is 0 Å². The lowest BCUT2D eigenvalue weighted by Gasteiger charge is -2.35. The molecular weight excluding hydrogens is 351 g/mol. The number of methoxy groups -OCH3 is 1. The molecule has 0 N–H and O–H groups in total. The van der Waals surface area contributed by atoms with E-state index in [2.05, 4.69) is 0 Å². The van der Waals surface area contributed by atoms with Crippen LogP contribution in [0, 0.1) is 5.92 Å². The molecule has 0 aromatic heterocycles. The summed E-state index contributed by atoms with van der Waals surface area (Å²) < 4.78 is 5.24. The van der Waals surface area contributed by atoms with Gasteiger partial charge in [0.15, 0.2) is 0 Å². The fourth-order valence-corrected chi connectivity index (χ4v) is 3.30. The molecule has 0 atom stereocenters. The van der Waals surface area contributed by atoms with Gasteiger partial charge in [0.05, 0.1) is 17.7 Å². The molecule has 7 heteroatoms. The van der Waals surface area contributed by atoms with Crippen LogP contribution < -0.4 is 4.74 Å². The minimum atomic E-state index is -0.188. The quantitative estimate of drug-likeness (QED) is 0.814. The van der Waals surface area contributed by atoms with Gasteiger partial charge in [-0.2, -0.15) is 0 Å². The van der Waals surface area contributed by atoms with E-state index < -0.39 is 0 Å². The number of hydrogen-bond donors (Lipinski definition) is 0. The molecule has 1 aromatic carbocycles. The van der Waals surface area contributed by atoms with Crippen molar-refractivity contribution in [1.29, 1.82) is 0 Å². The zero-order valence-corrected chi connectivity index (χ0v) is 15.7. The maximum Gasteiger partial charge on any atom is 0.257 e. The summed E-state index contributed by atoms with van der Waals surface area (Å²) in [6.45, 7) is 6.08. The molecule has 2 rings (SSSR count). The first-order valence-corrected chi connectivity index (χ1v) is 8.69. The van der Waals surface area contributed by atoms with Crippen LogP contribution in [0.15, 0.2) is 12.1 Å². The number of hydrogen-bond acceptors (Lipinski definition) is 3. The molecule has 24 heavy (non-hydrogen) atoms. The molecule has 0 spiro atoms. The van der Waals surface area contributed by atoms with Gasteiger partial charge in [-0.05, 0) is 18.1 Å². The summed E-state index contributed by atoms with van der Waals surface area (Å²) in [4.78, 5) is 28.4. The smallest absolute Gasteiger partial charge is 0.257 e. The largest absolute Gasteiger partial charge is 0.494 e. The summed E-state index contributed by atoms with van der Waals surface area (Å²) in [6, 6.07) is 3.10. The Labute approximate surface area is 152 Å². The number of carbonyl (C=O) groups excluding carboxylic acids is 2. The lowest BCUT2D eigenvalue weighted by molar-refractivity contribution is -0.133. The second-order valence-electron chi connectivity index (χ2n) is 6.24. The van der Waals surface area contributed by atoms with E-state index >= 15 is 0 Å². The summed E-state index contributed by atoms with van der Waals surface area (Å²) in [5.41, 5.74) is 0.344. The van der Waals surface area contributed by atoms with E-state index in [1.54, 1.807) is 17.0 Å². The number of benzene rings is 1. The molecule has 1 saturated heterocycles. The van der Waals surface area contributed by atoms with E-state index in [0.29, 0.717) is 59.9 Å². The van der Waals surface area contributed by atoms with E-state index in [4.69, 9.17) is 27.9 Å². The highest BCUT2D eigenvalue weighted by Gasteiger charge is 2.27. The topological polar surface area (TPSA) is 49.9 Å². The molecule has 0 radical (unpaired) electrons. The van der Waals surface area contributed by atoms with Crippen LogP contribution in [0.4, 0.5) is 0 Å². The summed E-state index contributed by atoms with van der Waals surface area (Å²) in [5.74, 6) is 0.604. The third kappa shape index (κ3) is 4.33. The molecule has 0 saturated carbocycles. The summed E-state index contributed by atoms with van der Waals surface area (Å²) in [5, 5.41) is 0.689. The highest BCUT2D eigenvalue weighted by Crippen LogP contribution is 2.33. The molecule has 0 bridgehead atoms. The van der Waals surface area contributed by atoms with Crippen LogP contribution in [0.5, 0.6) is 5.75 Å². The predicted molar refractivity (Wildman–Crippen MR) is 95.0 cm³/mol. The molecule has 0 unspecified atom stereocenters. The molecule has 1 heterocycles. The molecule has 1 fully saturated rings. The SMILES string of the molecule is COc1c(Cl)cc(Cl)cc1C(=O)N1CCN(C(=O)CC(C)C)CC1. The van der Waals surface area contributed by atoms with Crippen LogP contribution in [-0.4, -0.2) is 54.9 Å². The molecule has 1 aliphatic heterocycles. The molecule has 2 amide bonds. The first kappa shape index (κ1) is 18.9. The van der Waals surface area contributed by atoms with Crippen LogP contribution in [0.3, 0.4) is 0 Å². The number of rotatable bonds is 4. The third-order valence-corrected chi connectivity index (χ3v) is 4.44. The maximum atomic E-state index is 12.8.